The predicted molar refractivity (Wildman–Crippen MR) is 37.7 cm³/mol. The van der Waals surface area contributed by atoms with Crippen molar-refractivity contribution in [3.8, 4) is 0 Å². The number of hydrogen-bond acceptors (Lipinski definition) is 3. The van der Waals surface area contributed by atoms with Crippen molar-refractivity contribution in [1.29, 1.82) is 0 Å². The molecule has 1 aliphatic rings. The van der Waals surface area contributed by atoms with E-state index in [1.807, 2.05) is 0 Å². The summed E-state index contributed by atoms with van der Waals surface area (Å²) in [7, 11) is 0. The Bertz CT molecular complexity index is 232. The highest BCUT2D eigenvalue weighted by atomic mass is 16.6. The second-order valence-electron chi connectivity index (χ2n) is 3.30. The first-order valence-electron chi connectivity index (χ1n) is 3.49. The lowest BCUT2D eigenvalue weighted by molar-refractivity contribution is -0.247. The number of rotatable bonds is 2. The van der Waals surface area contributed by atoms with Crippen LogP contribution in [0.15, 0.2) is 0 Å². The van der Waals surface area contributed by atoms with E-state index >= 15 is 0 Å². The highest BCUT2D eigenvalue weighted by molar-refractivity contribution is 5.84. The van der Waals surface area contributed by atoms with E-state index in [-0.39, 0.29) is 0 Å². The lowest BCUT2D eigenvalue weighted by Crippen LogP contribution is -2.62. The molecule has 1 rings (SSSR count). The summed E-state index contributed by atoms with van der Waals surface area (Å²) in [5.41, 5.74) is -0.866. The van der Waals surface area contributed by atoms with Crippen molar-refractivity contribution in [2.24, 2.45) is 5.92 Å². The third-order valence-electron chi connectivity index (χ3n) is 1.99. The summed E-state index contributed by atoms with van der Waals surface area (Å²) in [6.45, 7) is 3.12. The molecule has 0 aromatic heterocycles. The molecule has 1 heterocycles. The van der Waals surface area contributed by atoms with Crippen molar-refractivity contribution >= 4 is 11.9 Å². The molecule has 5 nitrogen and oxygen atoms in total. The van der Waals surface area contributed by atoms with Crippen LogP contribution < -0.4 is 0 Å². The number of ether oxygens (including phenoxy) is 1. The zero-order valence-corrected chi connectivity index (χ0v) is 6.77. The first kappa shape index (κ1) is 8.99. The molecule has 0 aliphatic carbocycles. The van der Waals surface area contributed by atoms with Gasteiger partial charge in [0.05, 0.1) is 5.60 Å². The topological polar surface area (TPSA) is 83.8 Å². The lowest BCUT2D eigenvalue weighted by Gasteiger charge is -2.46. The summed E-state index contributed by atoms with van der Waals surface area (Å²) in [6, 6.07) is 0. The monoisotopic (exact) mass is 174 g/mol. The van der Waals surface area contributed by atoms with Crippen molar-refractivity contribution in [1.82, 2.24) is 0 Å². The Balaban J connectivity index is 2.76. The minimum atomic E-state index is -1.22. The Hall–Kier alpha value is -1.10. The van der Waals surface area contributed by atoms with Crippen LogP contribution in [0.1, 0.15) is 13.8 Å². The van der Waals surface area contributed by atoms with Crippen LogP contribution in [0.5, 0.6) is 0 Å². The lowest BCUT2D eigenvalue weighted by atomic mass is 9.79. The molecule has 1 saturated heterocycles. The number of hydrogen-bond donors (Lipinski definition) is 2. The van der Waals surface area contributed by atoms with Gasteiger partial charge in [0.1, 0.15) is 5.92 Å². The molecule has 0 bridgehead atoms. The zero-order valence-electron chi connectivity index (χ0n) is 6.77. The molecular formula is C7H10O5. The van der Waals surface area contributed by atoms with E-state index in [0.29, 0.717) is 0 Å². The van der Waals surface area contributed by atoms with Crippen molar-refractivity contribution < 1.29 is 24.5 Å². The molecule has 1 fully saturated rings. The molecule has 0 amide bonds. The summed E-state index contributed by atoms with van der Waals surface area (Å²) in [6.07, 6.45) is -1.20. The second-order valence-corrected chi connectivity index (χ2v) is 3.30. The largest absolute Gasteiger partial charge is 0.481 e. The Labute approximate surface area is 68.9 Å². The molecular weight excluding hydrogens is 164 g/mol. The van der Waals surface area contributed by atoms with Crippen LogP contribution in [-0.2, 0) is 14.3 Å². The standard InChI is InChI=1S/C7H10O5/c1-7(2)3(5(8)9)4(12-7)6(10)11/h3-4H,1-2H3,(H,8,9)(H,10,11)/t3-,4-/m1/s1. The first-order valence-corrected chi connectivity index (χ1v) is 3.49. The highest BCUT2D eigenvalue weighted by Gasteiger charge is 2.57. The van der Waals surface area contributed by atoms with Gasteiger partial charge >= 0.3 is 11.9 Å². The van der Waals surface area contributed by atoms with Crippen molar-refractivity contribution in [3.05, 3.63) is 0 Å². The average Bonchev–Trinajstić information content (AvgIpc) is 1.81. The van der Waals surface area contributed by atoms with Gasteiger partial charge in [0, 0.05) is 0 Å². The first-order chi connectivity index (χ1) is 5.36. The molecule has 2 N–H and O–H groups in total. The highest BCUT2D eigenvalue weighted by Crippen LogP contribution is 2.38. The van der Waals surface area contributed by atoms with Gasteiger partial charge in [0.25, 0.3) is 0 Å². The van der Waals surface area contributed by atoms with Crippen LogP contribution in [0.3, 0.4) is 0 Å². The van der Waals surface area contributed by atoms with Gasteiger partial charge in [-0.15, -0.1) is 0 Å². The summed E-state index contributed by atoms with van der Waals surface area (Å²) >= 11 is 0. The van der Waals surface area contributed by atoms with E-state index in [0.717, 1.165) is 0 Å². The van der Waals surface area contributed by atoms with Gasteiger partial charge < -0.3 is 14.9 Å². The van der Waals surface area contributed by atoms with E-state index in [4.69, 9.17) is 14.9 Å². The molecule has 5 heteroatoms. The Morgan fingerprint density at radius 3 is 1.92 bits per heavy atom. The minimum absolute atomic E-state index is 0.866. The molecule has 0 saturated carbocycles. The van der Waals surface area contributed by atoms with Crippen molar-refractivity contribution in [2.45, 2.75) is 25.6 Å². The normalized spacial score (nSPS) is 32.2. The number of carbonyl (C=O) groups is 2. The summed E-state index contributed by atoms with van der Waals surface area (Å²) < 4.78 is 4.88. The van der Waals surface area contributed by atoms with Crippen LogP contribution in [0.25, 0.3) is 0 Å². The number of aliphatic carboxylic acids is 2. The van der Waals surface area contributed by atoms with E-state index < -0.39 is 29.6 Å². The fourth-order valence-corrected chi connectivity index (χ4v) is 1.38. The van der Waals surface area contributed by atoms with Gasteiger partial charge in [-0.1, -0.05) is 0 Å². The third kappa shape index (κ3) is 1.16. The van der Waals surface area contributed by atoms with Gasteiger partial charge in [-0.3, -0.25) is 4.79 Å². The van der Waals surface area contributed by atoms with Gasteiger partial charge in [0.2, 0.25) is 0 Å². The molecule has 0 spiro atoms. The summed E-state index contributed by atoms with van der Waals surface area (Å²) in [5.74, 6) is -3.30. The molecule has 0 unspecified atom stereocenters. The Morgan fingerprint density at radius 1 is 1.25 bits per heavy atom. The van der Waals surface area contributed by atoms with Crippen LogP contribution in [0.4, 0.5) is 0 Å². The van der Waals surface area contributed by atoms with Crippen LogP contribution in [0, 0.1) is 5.92 Å². The van der Waals surface area contributed by atoms with Crippen LogP contribution in [-0.4, -0.2) is 33.9 Å². The third-order valence-corrected chi connectivity index (χ3v) is 1.99. The molecule has 2 atom stereocenters. The van der Waals surface area contributed by atoms with Crippen molar-refractivity contribution in [3.63, 3.8) is 0 Å². The van der Waals surface area contributed by atoms with Gasteiger partial charge in [-0.25, -0.2) is 4.79 Å². The van der Waals surface area contributed by atoms with Crippen molar-refractivity contribution in [2.75, 3.05) is 0 Å². The zero-order chi connectivity index (χ0) is 9.52. The second kappa shape index (κ2) is 2.45. The average molecular weight is 174 g/mol. The Morgan fingerprint density at radius 2 is 1.75 bits per heavy atom. The summed E-state index contributed by atoms with van der Waals surface area (Å²) in [5, 5.41) is 17.1. The van der Waals surface area contributed by atoms with E-state index in [1.165, 1.54) is 0 Å². The van der Waals surface area contributed by atoms with E-state index in [1.54, 1.807) is 13.8 Å². The molecule has 0 aromatic carbocycles. The number of carboxylic acids is 2. The summed E-state index contributed by atoms with van der Waals surface area (Å²) in [4.78, 5) is 21.0. The van der Waals surface area contributed by atoms with Gasteiger partial charge in [-0.2, -0.15) is 0 Å². The quantitative estimate of drug-likeness (QED) is 0.613. The van der Waals surface area contributed by atoms with Crippen LogP contribution >= 0.6 is 0 Å². The number of carboxylic acid groups (broad SMARTS) is 2. The van der Waals surface area contributed by atoms with E-state index in [2.05, 4.69) is 0 Å². The maximum atomic E-state index is 10.6. The molecule has 1 aliphatic heterocycles. The predicted octanol–water partition coefficient (Wildman–Crippen LogP) is -0.0508. The van der Waals surface area contributed by atoms with Crippen LogP contribution in [0.2, 0.25) is 0 Å². The smallest absolute Gasteiger partial charge is 0.333 e. The van der Waals surface area contributed by atoms with Gasteiger partial charge in [-0.05, 0) is 13.8 Å². The Kier molecular flexibility index (Phi) is 1.83. The fourth-order valence-electron chi connectivity index (χ4n) is 1.38. The maximum Gasteiger partial charge on any atom is 0.333 e. The fraction of sp³-hybridized carbons (Fsp3) is 0.714. The SMILES string of the molecule is CC1(C)O[C@@H](C(=O)O)[C@@H]1C(=O)O. The molecule has 68 valence electrons. The maximum absolute atomic E-state index is 10.6. The van der Waals surface area contributed by atoms with E-state index in [9.17, 15) is 9.59 Å². The minimum Gasteiger partial charge on any atom is -0.481 e. The molecule has 0 aromatic rings. The molecule has 0 radical (unpaired) electrons. The van der Waals surface area contributed by atoms with Gasteiger partial charge in [0.15, 0.2) is 6.10 Å². The molecule has 12 heavy (non-hydrogen) atoms.